The molecule has 0 aliphatic carbocycles. The summed E-state index contributed by atoms with van der Waals surface area (Å²) in [6, 6.07) is 11.4. The maximum Gasteiger partial charge on any atom is 0.306 e. The van der Waals surface area contributed by atoms with Gasteiger partial charge in [-0.15, -0.1) is 0 Å². The van der Waals surface area contributed by atoms with Crippen molar-refractivity contribution in [3.63, 3.8) is 0 Å². The Labute approximate surface area is 170 Å². The van der Waals surface area contributed by atoms with Crippen molar-refractivity contribution in [2.24, 2.45) is 0 Å². The van der Waals surface area contributed by atoms with E-state index in [0.29, 0.717) is 21.4 Å². The monoisotopic (exact) mass is 428 g/mol. The maximum atomic E-state index is 11.9. The van der Waals surface area contributed by atoms with E-state index in [-0.39, 0.29) is 17.9 Å². The molecule has 0 bridgehead atoms. The molecular weight excluding hydrogens is 415 g/mol. The van der Waals surface area contributed by atoms with Crippen LogP contribution in [-0.2, 0) is 19.1 Å². The Morgan fingerprint density at radius 1 is 0.889 bits per heavy atom. The summed E-state index contributed by atoms with van der Waals surface area (Å²) in [4.78, 5) is 35.3. The van der Waals surface area contributed by atoms with Crippen molar-refractivity contribution < 1.29 is 19.1 Å². The number of anilines is 2. The zero-order valence-corrected chi connectivity index (χ0v) is 16.2. The molecule has 0 aliphatic heterocycles. The molecule has 0 aliphatic rings. The number of benzene rings is 2. The van der Waals surface area contributed by atoms with Crippen molar-refractivity contribution in [2.45, 2.75) is 12.8 Å². The number of rotatable bonds is 7. The van der Waals surface area contributed by atoms with E-state index < -0.39 is 24.4 Å². The zero-order valence-electron chi connectivity index (χ0n) is 13.9. The van der Waals surface area contributed by atoms with Gasteiger partial charge in [0.25, 0.3) is 5.91 Å². The van der Waals surface area contributed by atoms with Crippen LogP contribution in [0.4, 0.5) is 11.4 Å². The molecule has 0 fully saturated rings. The lowest BCUT2D eigenvalue weighted by Crippen LogP contribution is -2.21. The Bertz CT molecular complexity index is 858. The van der Waals surface area contributed by atoms with Gasteiger partial charge >= 0.3 is 5.97 Å². The number of ether oxygens (including phenoxy) is 1. The molecule has 0 saturated carbocycles. The van der Waals surface area contributed by atoms with E-state index in [2.05, 4.69) is 10.6 Å². The van der Waals surface area contributed by atoms with Crippen LogP contribution in [0.5, 0.6) is 0 Å². The quantitative estimate of drug-likeness (QED) is 0.633. The molecule has 0 aromatic heterocycles. The summed E-state index contributed by atoms with van der Waals surface area (Å²) >= 11 is 17.6. The lowest BCUT2D eigenvalue weighted by molar-refractivity contribution is -0.147. The fourth-order valence-corrected chi connectivity index (χ4v) is 2.55. The number of carbonyl (C=O) groups excluding carboxylic acids is 3. The van der Waals surface area contributed by atoms with Crippen molar-refractivity contribution >= 4 is 64.0 Å². The van der Waals surface area contributed by atoms with E-state index in [0.717, 1.165) is 0 Å². The molecule has 0 heterocycles. The third kappa shape index (κ3) is 7.09. The highest BCUT2D eigenvalue weighted by molar-refractivity contribution is 6.44. The van der Waals surface area contributed by atoms with Crippen LogP contribution in [-0.4, -0.2) is 24.4 Å². The second-order valence-electron chi connectivity index (χ2n) is 5.37. The minimum absolute atomic E-state index is 0.127. The molecule has 142 valence electrons. The number of hydrogen-bond acceptors (Lipinski definition) is 4. The molecule has 0 unspecified atom stereocenters. The molecule has 2 amide bonds. The number of esters is 1. The van der Waals surface area contributed by atoms with E-state index in [1.54, 1.807) is 42.5 Å². The normalized spacial score (nSPS) is 10.2. The van der Waals surface area contributed by atoms with Crippen LogP contribution in [0.15, 0.2) is 42.5 Å². The van der Waals surface area contributed by atoms with E-state index in [4.69, 9.17) is 39.5 Å². The molecular formula is C18H15Cl3N2O4. The van der Waals surface area contributed by atoms with Crippen LogP contribution in [0.1, 0.15) is 12.8 Å². The van der Waals surface area contributed by atoms with E-state index in [9.17, 15) is 14.4 Å². The average Bonchev–Trinajstić information content (AvgIpc) is 2.62. The van der Waals surface area contributed by atoms with Gasteiger partial charge < -0.3 is 15.4 Å². The Balaban J connectivity index is 1.71. The molecule has 6 nitrogen and oxygen atoms in total. The Kier molecular flexibility index (Phi) is 7.91. The lowest BCUT2D eigenvalue weighted by Gasteiger charge is -2.09. The number of hydrogen-bond donors (Lipinski definition) is 2. The standard InChI is InChI=1S/C18H15Cl3N2O4/c19-11-3-1-4-12(9-11)22-16(25)10-27-17(26)8-7-15(24)23-14-6-2-5-13(20)18(14)21/h1-6,9H,7-8,10H2,(H,22,25)(H,23,24). The highest BCUT2D eigenvalue weighted by Crippen LogP contribution is 2.29. The second-order valence-corrected chi connectivity index (χ2v) is 6.59. The minimum atomic E-state index is -0.677. The Morgan fingerprint density at radius 2 is 1.63 bits per heavy atom. The zero-order chi connectivity index (χ0) is 19.8. The molecule has 0 saturated heterocycles. The molecule has 2 aromatic carbocycles. The van der Waals surface area contributed by atoms with Gasteiger partial charge in [-0.1, -0.05) is 46.9 Å². The van der Waals surface area contributed by atoms with Gasteiger partial charge in [0.1, 0.15) is 0 Å². The van der Waals surface area contributed by atoms with Gasteiger partial charge in [-0.2, -0.15) is 0 Å². The lowest BCUT2D eigenvalue weighted by atomic mass is 10.2. The van der Waals surface area contributed by atoms with E-state index in [1.165, 1.54) is 0 Å². The number of halogens is 3. The first-order chi connectivity index (χ1) is 12.8. The summed E-state index contributed by atoms with van der Waals surface area (Å²) in [7, 11) is 0. The first kappa shape index (κ1) is 21.0. The number of amides is 2. The first-order valence-electron chi connectivity index (χ1n) is 7.80. The van der Waals surface area contributed by atoms with Crippen molar-refractivity contribution in [1.82, 2.24) is 0 Å². The summed E-state index contributed by atoms with van der Waals surface area (Å²) in [6.07, 6.45) is -0.313. The molecule has 0 radical (unpaired) electrons. The van der Waals surface area contributed by atoms with Crippen LogP contribution >= 0.6 is 34.8 Å². The molecule has 2 aromatic rings. The Morgan fingerprint density at radius 3 is 2.37 bits per heavy atom. The molecule has 0 spiro atoms. The number of carbonyl (C=O) groups is 3. The maximum absolute atomic E-state index is 11.9. The summed E-state index contributed by atoms with van der Waals surface area (Å²) in [5.41, 5.74) is 0.838. The SMILES string of the molecule is O=C(COC(=O)CCC(=O)Nc1cccc(Cl)c1Cl)Nc1cccc(Cl)c1. The van der Waals surface area contributed by atoms with Crippen molar-refractivity contribution in [2.75, 3.05) is 17.2 Å². The summed E-state index contributed by atoms with van der Waals surface area (Å²) < 4.78 is 4.84. The molecule has 2 rings (SSSR count). The van der Waals surface area contributed by atoms with Crippen LogP contribution in [0, 0.1) is 0 Å². The summed E-state index contributed by atoms with van der Waals surface area (Å²) in [5, 5.41) is 6.08. The van der Waals surface area contributed by atoms with Crippen LogP contribution in [0.25, 0.3) is 0 Å². The molecule has 27 heavy (non-hydrogen) atoms. The fourth-order valence-electron chi connectivity index (χ4n) is 2.01. The number of nitrogens with one attached hydrogen (secondary N) is 2. The van der Waals surface area contributed by atoms with Gasteiger partial charge in [0.15, 0.2) is 6.61 Å². The van der Waals surface area contributed by atoms with Gasteiger partial charge in [0.05, 0.1) is 22.2 Å². The Hall–Kier alpha value is -2.28. The van der Waals surface area contributed by atoms with Crippen LogP contribution in [0.3, 0.4) is 0 Å². The van der Waals surface area contributed by atoms with Gasteiger partial charge in [-0.05, 0) is 30.3 Å². The first-order valence-corrected chi connectivity index (χ1v) is 8.93. The third-order valence-corrected chi connectivity index (χ3v) is 4.31. The molecule has 0 atom stereocenters. The van der Waals surface area contributed by atoms with Gasteiger partial charge in [-0.25, -0.2) is 0 Å². The van der Waals surface area contributed by atoms with Gasteiger partial charge in [0.2, 0.25) is 5.91 Å². The topological polar surface area (TPSA) is 84.5 Å². The fraction of sp³-hybridized carbons (Fsp3) is 0.167. The van der Waals surface area contributed by atoms with E-state index >= 15 is 0 Å². The van der Waals surface area contributed by atoms with E-state index in [1.807, 2.05) is 0 Å². The average molecular weight is 430 g/mol. The summed E-state index contributed by atoms with van der Waals surface area (Å²) in [5.74, 6) is -1.62. The van der Waals surface area contributed by atoms with Crippen LogP contribution in [0.2, 0.25) is 15.1 Å². The predicted molar refractivity (Wildman–Crippen MR) is 105 cm³/mol. The third-order valence-electron chi connectivity index (χ3n) is 3.25. The van der Waals surface area contributed by atoms with Crippen molar-refractivity contribution in [3.05, 3.63) is 57.5 Å². The highest BCUT2D eigenvalue weighted by atomic mass is 35.5. The van der Waals surface area contributed by atoms with Crippen LogP contribution < -0.4 is 10.6 Å². The van der Waals surface area contributed by atoms with Crippen molar-refractivity contribution in [1.29, 1.82) is 0 Å². The van der Waals surface area contributed by atoms with Gasteiger partial charge in [-0.3, -0.25) is 14.4 Å². The second kappa shape index (κ2) is 10.2. The highest BCUT2D eigenvalue weighted by Gasteiger charge is 2.12. The van der Waals surface area contributed by atoms with Gasteiger partial charge in [0, 0.05) is 17.1 Å². The smallest absolute Gasteiger partial charge is 0.306 e. The van der Waals surface area contributed by atoms with Crippen molar-refractivity contribution in [3.8, 4) is 0 Å². The minimum Gasteiger partial charge on any atom is -0.456 e. The summed E-state index contributed by atoms with van der Waals surface area (Å²) in [6.45, 7) is -0.465. The predicted octanol–water partition coefficient (Wildman–Crippen LogP) is 4.55. The molecule has 2 N–H and O–H groups in total. The largest absolute Gasteiger partial charge is 0.456 e. The molecule has 9 heteroatoms.